The summed E-state index contributed by atoms with van der Waals surface area (Å²) in [7, 11) is -0.667. The number of aromatic nitrogens is 1. The molecule has 0 spiro atoms. The zero-order valence-corrected chi connectivity index (χ0v) is 14.1. The first-order valence-corrected chi connectivity index (χ1v) is 8.35. The molecule has 1 heterocycles. The van der Waals surface area contributed by atoms with Gasteiger partial charge in [-0.2, -0.15) is 0 Å². The maximum Gasteiger partial charge on any atom is 0.253 e. The Labute approximate surface area is 138 Å². The van der Waals surface area contributed by atoms with Gasteiger partial charge < -0.3 is 4.90 Å². The van der Waals surface area contributed by atoms with E-state index in [1.54, 1.807) is 20.2 Å². The van der Waals surface area contributed by atoms with Gasteiger partial charge in [-0.1, -0.05) is 29.3 Å². The van der Waals surface area contributed by atoms with E-state index >= 15 is 0 Å². The molecule has 2 aromatic rings. The van der Waals surface area contributed by atoms with Crippen molar-refractivity contribution >= 4 is 38.9 Å². The number of halogens is 2. The van der Waals surface area contributed by atoms with Crippen molar-refractivity contribution in [2.75, 3.05) is 14.1 Å². The molecule has 0 aliphatic heterocycles. The van der Waals surface area contributed by atoms with Crippen molar-refractivity contribution in [2.45, 2.75) is 9.79 Å². The molecule has 0 unspecified atom stereocenters. The average Bonchev–Trinajstić information content (AvgIpc) is 2.45. The van der Waals surface area contributed by atoms with Crippen molar-refractivity contribution in [3.63, 3.8) is 0 Å². The Morgan fingerprint density at radius 3 is 2.18 bits per heavy atom. The molecule has 0 aliphatic rings. The molecule has 0 saturated heterocycles. The van der Waals surface area contributed by atoms with Gasteiger partial charge in [-0.3, -0.25) is 4.79 Å². The van der Waals surface area contributed by atoms with Gasteiger partial charge in [0.25, 0.3) is 5.91 Å². The molecule has 116 valence electrons. The zero-order chi connectivity index (χ0) is 16.5. The minimum atomic E-state index is -3.85. The van der Waals surface area contributed by atoms with Crippen LogP contribution in [0.4, 0.5) is 0 Å². The third-order valence-electron chi connectivity index (χ3n) is 2.84. The van der Waals surface area contributed by atoms with Gasteiger partial charge in [-0.05, 0) is 30.3 Å². The molecule has 0 radical (unpaired) electrons. The van der Waals surface area contributed by atoms with E-state index < -0.39 is 9.84 Å². The molecule has 2 rings (SSSR count). The Bertz CT molecular complexity index is 815. The van der Waals surface area contributed by atoms with Crippen LogP contribution in [-0.2, 0) is 9.84 Å². The van der Waals surface area contributed by atoms with E-state index in [1.807, 2.05) is 0 Å². The van der Waals surface area contributed by atoms with Crippen LogP contribution in [-0.4, -0.2) is 38.3 Å². The molecule has 0 bridgehead atoms. The highest BCUT2D eigenvalue weighted by atomic mass is 35.5. The number of carbonyl (C=O) groups is 1. The average molecular weight is 359 g/mol. The van der Waals surface area contributed by atoms with Crippen LogP contribution in [0, 0.1) is 0 Å². The topological polar surface area (TPSA) is 67.3 Å². The molecule has 0 fully saturated rings. The summed E-state index contributed by atoms with van der Waals surface area (Å²) in [5, 5.41) is -0.0433. The standard InChI is InChI=1S/C14H12Cl2N2O3S/c1-18(2)14(19)9-4-3-5-10(6-9)22(20,21)11-7-12(15)17-13(16)8-11/h3-8H,1-2H3. The Kier molecular flexibility index (Phi) is 4.75. The summed E-state index contributed by atoms with van der Waals surface area (Å²) in [5.74, 6) is -0.289. The smallest absolute Gasteiger partial charge is 0.253 e. The Morgan fingerprint density at radius 2 is 1.64 bits per heavy atom. The van der Waals surface area contributed by atoms with Crippen molar-refractivity contribution in [3.8, 4) is 0 Å². The fraction of sp³-hybridized carbons (Fsp3) is 0.143. The van der Waals surface area contributed by atoms with E-state index in [-0.39, 0.29) is 31.6 Å². The Hall–Kier alpha value is -1.63. The number of carbonyl (C=O) groups excluding carboxylic acids is 1. The van der Waals surface area contributed by atoms with Gasteiger partial charge >= 0.3 is 0 Å². The molecular weight excluding hydrogens is 347 g/mol. The van der Waals surface area contributed by atoms with Crippen LogP contribution in [0.5, 0.6) is 0 Å². The lowest BCUT2D eigenvalue weighted by Gasteiger charge is -2.11. The number of pyridine rings is 1. The molecule has 0 aliphatic carbocycles. The van der Waals surface area contributed by atoms with Gasteiger partial charge in [-0.25, -0.2) is 13.4 Å². The number of amides is 1. The summed E-state index contributed by atoms with van der Waals surface area (Å²) in [4.78, 5) is 16.9. The molecule has 0 N–H and O–H groups in total. The molecule has 1 aromatic heterocycles. The molecule has 22 heavy (non-hydrogen) atoms. The molecule has 5 nitrogen and oxygen atoms in total. The maximum absolute atomic E-state index is 12.6. The van der Waals surface area contributed by atoms with E-state index in [2.05, 4.69) is 4.98 Å². The zero-order valence-electron chi connectivity index (χ0n) is 11.7. The van der Waals surface area contributed by atoms with E-state index in [0.717, 1.165) is 0 Å². The summed E-state index contributed by atoms with van der Waals surface area (Å²) < 4.78 is 25.2. The highest BCUT2D eigenvalue weighted by Crippen LogP contribution is 2.25. The van der Waals surface area contributed by atoms with Crippen LogP contribution >= 0.6 is 23.2 Å². The number of nitrogens with zero attached hydrogens (tertiary/aromatic N) is 2. The molecular formula is C14H12Cl2N2O3S. The summed E-state index contributed by atoms with van der Waals surface area (Å²) in [5.41, 5.74) is 0.275. The fourth-order valence-corrected chi connectivity index (χ4v) is 3.72. The fourth-order valence-electron chi connectivity index (χ4n) is 1.79. The SMILES string of the molecule is CN(C)C(=O)c1cccc(S(=O)(=O)c2cc(Cl)nc(Cl)c2)c1. The van der Waals surface area contributed by atoms with Crippen LogP contribution in [0.15, 0.2) is 46.2 Å². The lowest BCUT2D eigenvalue weighted by molar-refractivity contribution is 0.0827. The van der Waals surface area contributed by atoms with Gasteiger partial charge in [0.15, 0.2) is 0 Å². The van der Waals surface area contributed by atoms with Crippen molar-refractivity contribution in [1.29, 1.82) is 0 Å². The van der Waals surface area contributed by atoms with Gasteiger partial charge in [0.2, 0.25) is 9.84 Å². The predicted molar refractivity (Wildman–Crippen MR) is 84.2 cm³/mol. The summed E-state index contributed by atoms with van der Waals surface area (Å²) in [6, 6.07) is 8.21. The number of rotatable bonds is 3. The predicted octanol–water partition coefficient (Wildman–Crippen LogP) is 2.92. The van der Waals surface area contributed by atoms with E-state index in [1.165, 1.54) is 35.2 Å². The molecule has 8 heteroatoms. The number of hydrogen-bond acceptors (Lipinski definition) is 4. The van der Waals surface area contributed by atoms with Crippen molar-refractivity contribution < 1.29 is 13.2 Å². The minimum absolute atomic E-state index is 0.0152. The number of hydrogen-bond donors (Lipinski definition) is 0. The Balaban J connectivity index is 2.55. The second-order valence-electron chi connectivity index (χ2n) is 4.68. The molecule has 0 atom stereocenters. The normalized spacial score (nSPS) is 11.3. The molecule has 1 aromatic carbocycles. The second kappa shape index (κ2) is 6.24. The quantitative estimate of drug-likeness (QED) is 0.791. The first-order valence-electron chi connectivity index (χ1n) is 6.11. The first kappa shape index (κ1) is 16.7. The summed E-state index contributed by atoms with van der Waals surface area (Å²) in [6.07, 6.45) is 0. The van der Waals surface area contributed by atoms with Crippen LogP contribution in [0.2, 0.25) is 10.3 Å². The lowest BCUT2D eigenvalue weighted by Crippen LogP contribution is -2.21. The van der Waals surface area contributed by atoms with Crippen molar-refractivity contribution in [2.24, 2.45) is 0 Å². The monoisotopic (exact) mass is 358 g/mol. The van der Waals surface area contributed by atoms with Crippen molar-refractivity contribution in [3.05, 3.63) is 52.3 Å². The van der Waals surface area contributed by atoms with Gasteiger partial charge in [0.1, 0.15) is 10.3 Å². The van der Waals surface area contributed by atoms with Crippen LogP contribution in [0.3, 0.4) is 0 Å². The second-order valence-corrected chi connectivity index (χ2v) is 7.40. The van der Waals surface area contributed by atoms with Gasteiger partial charge in [0.05, 0.1) is 9.79 Å². The third-order valence-corrected chi connectivity index (χ3v) is 4.96. The van der Waals surface area contributed by atoms with E-state index in [9.17, 15) is 13.2 Å². The van der Waals surface area contributed by atoms with E-state index in [4.69, 9.17) is 23.2 Å². The van der Waals surface area contributed by atoms with E-state index in [0.29, 0.717) is 0 Å². The molecule has 0 saturated carbocycles. The van der Waals surface area contributed by atoms with Crippen molar-refractivity contribution in [1.82, 2.24) is 9.88 Å². The van der Waals surface area contributed by atoms with Gasteiger partial charge in [-0.15, -0.1) is 0 Å². The molecule has 1 amide bonds. The minimum Gasteiger partial charge on any atom is -0.345 e. The summed E-state index contributed by atoms with van der Waals surface area (Å²) >= 11 is 11.5. The van der Waals surface area contributed by atoms with Gasteiger partial charge in [0, 0.05) is 19.7 Å². The van der Waals surface area contributed by atoms with Crippen LogP contribution in [0.25, 0.3) is 0 Å². The highest BCUT2D eigenvalue weighted by molar-refractivity contribution is 7.91. The highest BCUT2D eigenvalue weighted by Gasteiger charge is 2.21. The number of benzene rings is 1. The Morgan fingerprint density at radius 1 is 1.05 bits per heavy atom. The first-order chi connectivity index (χ1) is 10.2. The largest absolute Gasteiger partial charge is 0.345 e. The lowest BCUT2D eigenvalue weighted by atomic mass is 10.2. The third kappa shape index (κ3) is 3.40. The van der Waals surface area contributed by atoms with Crippen LogP contribution < -0.4 is 0 Å². The maximum atomic E-state index is 12.6. The number of sulfone groups is 1. The van der Waals surface area contributed by atoms with Crippen LogP contribution in [0.1, 0.15) is 10.4 Å². The summed E-state index contributed by atoms with van der Waals surface area (Å²) in [6.45, 7) is 0.